The highest BCUT2D eigenvalue weighted by Crippen LogP contribution is 2.43. The summed E-state index contributed by atoms with van der Waals surface area (Å²) in [7, 11) is 0. The summed E-state index contributed by atoms with van der Waals surface area (Å²) in [6.07, 6.45) is 0.924. The van der Waals surface area contributed by atoms with Crippen LogP contribution in [0.15, 0.2) is 55.1 Å². The van der Waals surface area contributed by atoms with Crippen LogP contribution in [0.3, 0.4) is 0 Å². The highest BCUT2D eigenvalue weighted by molar-refractivity contribution is 5.65. The zero-order valence-electron chi connectivity index (χ0n) is 12.1. The highest BCUT2D eigenvalue weighted by atomic mass is 16.5. The van der Waals surface area contributed by atoms with Crippen molar-refractivity contribution in [1.82, 2.24) is 0 Å². The van der Waals surface area contributed by atoms with E-state index in [0.29, 0.717) is 0 Å². The first-order valence-electron chi connectivity index (χ1n) is 7.06. The van der Waals surface area contributed by atoms with Crippen molar-refractivity contribution >= 4 is 5.57 Å². The molecule has 0 spiro atoms. The van der Waals surface area contributed by atoms with Crippen LogP contribution in [-0.2, 0) is 5.41 Å². The average molecular weight is 264 g/mol. The van der Waals surface area contributed by atoms with Crippen LogP contribution >= 0.6 is 0 Å². The Morgan fingerprint density at radius 1 is 1.15 bits per heavy atom. The molecule has 0 saturated carbocycles. The molecule has 0 bridgehead atoms. The van der Waals surface area contributed by atoms with Crippen molar-refractivity contribution in [3.8, 4) is 5.75 Å². The first kappa shape index (κ1) is 13.0. The van der Waals surface area contributed by atoms with Gasteiger partial charge < -0.3 is 4.74 Å². The number of fused-ring (bicyclic) bond motifs is 1. The summed E-state index contributed by atoms with van der Waals surface area (Å²) in [6.45, 7) is 9.38. The van der Waals surface area contributed by atoms with Crippen molar-refractivity contribution in [3.05, 3.63) is 71.8 Å². The number of hydrogen-bond acceptors (Lipinski definition) is 1. The van der Waals surface area contributed by atoms with E-state index in [1.54, 1.807) is 0 Å². The van der Waals surface area contributed by atoms with Gasteiger partial charge >= 0.3 is 0 Å². The maximum Gasteiger partial charge on any atom is 0.123 e. The third-order valence-electron chi connectivity index (χ3n) is 4.15. The molecule has 1 heteroatoms. The molecule has 2 aromatic carbocycles. The van der Waals surface area contributed by atoms with Crippen molar-refractivity contribution in [1.29, 1.82) is 0 Å². The number of benzene rings is 2. The zero-order valence-corrected chi connectivity index (χ0v) is 12.1. The van der Waals surface area contributed by atoms with Crippen molar-refractivity contribution in [2.75, 3.05) is 6.61 Å². The summed E-state index contributed by atoms with van der Waals surface area (Å²) in [5.74, 6) is 1.02. The molecule has 0 fully saturated rings. The van der Waals surface area contributed by atoms with Gasteiger partial charge in [0.2, 0.25) is 0 Å². The fourth-order valence-corrected chi connectivity index (χ4v) is 2.91. The molecule has 1 unspecified atom stereocenters. The minimum Gasteiger partial charge on any atom is -0.492 e. The molecule has 1 nitrogen and oxygen atoms in total. The summed E-state index contributed by atoms with van der Waals surface area (Å²) < 4.78 is 5.83. The lowest BCUT2D eigenvalue weighted by Gasteiger charge is -2.24. The maximum absolute atomic E-state index is 5.83. The first-order valence-corrected chi connectivity index (χ1v) is 7.06. The van der Waals surface area contributed by atoms with Crippen LogP contribution in [0.1, 0.15) is 30.0 Å². The number of para-hydroxylation sites is 1. The average Bonchev–Trinajstić information content (AvgIpc) is 2.78. The van der Waals surface area contributed by atoms with Gasteiger partial charge in [0.15, 0.2) is 0 Å². The Balaban J connectivity index is 1.85. The third-order valence-corrected chi connectivity index (χ3v) is 4.15. The van der Waals surface area contributed by atoms with Gasteiger partial charge in [0, 0.05) is 11.0 Å². The quantitative estimate of drug-likeness (QED) is 0.777. The van der Waals surface area contributed by atoms with Gasteiger partial charge in [-0.15, -0.1) is 0 Å². The van der Waals surface area contributed by atoms with E-state index in [1.807, 2.05) is 6.07 Å². The smallest absolute Gasteiger partial charge is 0.123 e. The topological polar surface area (TPSA) is 9.23 Å². The molecule has 0 N–H and O–H groups in total. The summed E-state index contributed by atoms with van der Waals surface area (Å²) in [4.78, 5) is 0. The molecular weight excluding hydrogens is 244 g/mol. The van der Waals surface area contributed by atoms with Gasteiger partial charge in [-0.2, -0.15) is 0 Å². The van der Waals surface area contributed by atoms with E-state index in [4.69, 9.17) is 4.74 Å². The van der Waals surface area contributed by atoms with Crippen LogP contribution in [0.25, 0.3) is 5.57 Å². The fraction of sp³-hybridized carbons (Fsp3) is 0.263. The Bertz CT molecular complexity index is 639. The molecular formula is C19H20O. The summed E-state index contributed by atoms with van der Waals surface area (Å²) >= 11 is 0. The minimum absolute atomic E-state index is 0.0264. The van der Waals surface area contributed by atoms with E-state index < -0.39 is 0 Å². The van der Waals surface area contributed by atoms with Gasteiger partial charge in [-0.25, -0.2) is 0 Å². The zero-order chi connectivity index (χ0) is 14.2. The molecule has 102 valence electrons. The van der Waals surface area contributed by atoms with Crippen LogP contribution in [0.2, 0.25) is 0 Å². The van der Waals surface area contributed by atoms with Gasteiger partial charge in [0.1, 0.15) is 5.75 Å². The largest absolute Gasteiger partial charge is 0.492 e. The number of allylic oxidation sites excluding steroid dienone is 1. The Labute approximate surface area is 120 Å². The van der Waals surface area contributed by atoms with Gasteiger partial charge in [-0.1, -0.05) is 61.5 Å². The van der Waals surface area contributed by atoms with Crippen molar-refractivity contribution in [2.24, 2.45) is 0 Å². The van der Waals surface area contributed by atoms with Crippen LogP contribution in [0.5, 0.6) is 5.75 Å². The molecule has 2 aromatic rings. The van der Waals surface area contributed by atoms with E-state index in [-0.39, 0.29) is 5.41 Å². The minimum atomic E-state index is 0.0264. The second kappa shape index (κ2) is 4.82. The number of hydrogen-bond donors (Lipinski definition) is 0. The molecule has 1 aliphatic heterocycles. The maximum atomic E-state index is 5.83. The van der Waals surface area contributed by atoms with Gasteiger partial charge in [0.25, 0.3) is 0 Å². The molecule has 0 saturated heterocycles. The van der Waals surface area contributed by atoms with Crippen LogP contribution in [-0.4, -0.2) is 6.61 Å². The monoisotopic (exact) mass is 264 g/mol. The lowest BCUT2D eigenvalue weighted by molar-refractivity contribution is 0.281. The van der Waals surface area contributed by atoms with Gasteiger partial charge in [-0.3, -0.25) is 0 Å². The van der Waals surface area contributed by atoms with Crippen LogP contribution in [0.4, 0.5) is 0 Å². The third kappa shape index (κ3) is 2.24. The number of rotatable bonds is 3. The van der Waals surface area contributed by atoms with Crippen molar-refractivity contribution in [2.45, 2.75) is 25.7 Å². The molecule has 0 aliphatic carbocycles. The SMILES string of the molecule is C=C(CC1(C)COc2ccccc21)c1ccc(C)cc1. The van der Waals surface area contributed by atoms with E-state index in [2.05, 4.69) is 62.9 Å². The van der Waals surface area contributed by atoms with Crippen molar-refractivity contribution < 1.29 is 4.74 Å². The summed E-state index contributed by atoms with van der Waals surface area (Å²) in [5, 5.41) is 0. The lowest BCUT2D eigenvalue weighted by Crippen LogP contribution is -2.24. The summed E-state index contributed by atoms with van der Waals surface area (Å²) in [5.41, 5.74) is 5.00. The molecule has 3 rings (SSSR count). The Hall–Kier alpha value is -2.02. The van der Waals surface area contributed by atoms with Crippen LogP contribution < -0.4 is 4.74 Å². The molecule has 0 radical (unpaired) electrons. The Morgan fingerprint density at radius 2 is 1.85 bits per heavy atom. The standard InChI is InChI=1S/C19H20O/c1-14-8-10-16(11-9-14)15(2)12-19(3)13-20-18-7-5-4-6-17(18)19/h4-11H,2,12-13H2,1,3H3. The number of aryl methyl sites for hydroxylation is 1. The normalized spacial score (nSPS) is 20.3. The first-order chi connectivity index (χ1) is 9.58. The molecule has 1 atom stereocenters. The van der Waals surface area contributed by atoms with Crippen molar-refractivity contribution in [3.63, 3.8) is 0 Å². The Kier molecular flexibility index (Phi) is 3.13. The second-order valence-electron chi connectivity index (χ2n) is 5.99. The molecule has 1 aliphatic rings. The lowest BCUT2D eigenvalue weighted by atomic mass is 9.78. The molecule has 1 heterocycles. The van der Waals surface area contributed by atoms with Gasteiger partial charge in [-0.05, 0) is 30.5 Å². The fourth-order valence-electron chi connectivity index (χ4n) is 2.91. The van der Waals surface area contributed by atoms with E-state index in [0.717, 1.165) is 18.8 Å². The highest BCUT2D eigenvalue weighted by Gasteiger charge is 2.36. The number of ether oxygens (including phenoxy) is 1. The van der Waals surface area contributed by atoms with Crippen LogP contribution in [0, 0.1) is 6.92 Å². The van der Waals surface area contributed by atoms with E-state index >= 15 is 0 Å². The second-order valence-corrected chi connectivity index (χ2v) is 5.99. The Morgan fingerprint density at radius 3 is 2.60 bits per heavy atom. The van der Waals surface area contributed by atoms with E-state index in [1.165, 1.54) is 22.3 Å². The molecule has 0 aromatic heterocycles. The molecule has 0 amide bonds. The molecule has 20 heavy (non-hydrogen) atoms. The summed E-state index contributed by atoms with van der Waals surface area (Å²) in [6, 6.07) is 16.9. The predicted molar refractivity (Wildman–Crippen MR) is 84.1 cm³/mol. The van der Waals surface area contributed by atoms with Gasteiger partial charge in [0.05, 0.1) is 6.61 Å². The van der Waals surface area contributed by atoms with E-state index in [9.17, 15) is 0 Å². The predicted octanol–water partition coefficient (Wildman–Crippen LogP) is 4.75.